The monoisotopic (exact) mass is 324 g/mol. The Morgan fingerprint density at radius 2 is 2.17 bits per heavy atom. The third-order valence-corrected chi connectivity index (χ3v) is 4.22. The van der Waals surface area contributed by atoms with E-state index in [1.807, 2.05) is 23.6 Å². The van der Waals surface area contributed by atoms with Gasteiger partial charge in [0.25, 0.3) is 0 Å². The number of thiophene rings is 1. The lowest BCUT2D eigenvalue weighted by Crippen LogP contribution is -2.23. The minimum absolute atomic E-state index is 0.205. The minimum atomic E-state index is 0.205. The van der Waals surface area contributed by atoms with Crippen molar-refractivity contribution >= 4 is 27.3 Å². The second-order valence-electron chi connectivity index (χ2n) is 4.24. The van der Waals surface area contributed by atoms with Crippen LogP contribution in [-0.4, -0.2) is 11.5 Å². The van der Waals surface area contributed by atoms with E-state index in [4.69, 9.17) is 0 Å². The molecule has 0 spiro atoms. The van der Waals surface area contributed by atoms with E-state index in [1.54, 1.807) is 0 Å². The van der Waals surface area contributed by atoms with Gasteiger partial charge in [0.05, 0.1) is 11.7 Å². The van der Waals surface area contributed by atoms with Gasteiger partial charge in [-0.05, 0) is 60.1 Å². The first kappa shape index (κ1) is 13.7. The number of nitrogens with one attached hydrogen (secondary N) is 1. The minimum Gasteiger partial charge on any atom is -0.304 e. The Labute approximate surface area is 121 Å². The molecule has 0 aromatic carbocycles. The van der Waals surface area contributed by atoms with Gasteiger partial charge in [-0.15, -0.1) is 11.3 Å². The van der Waals surface area contributed by atoms with Crippen molar-refractivity contribution in [1.82, 2.24) is 10.3 Å². The Hall–Kier alpha value is -0.710. The Morgan fingerprint density at radius 3 is 2.72 bits per heavy atom. The molecule has 2 aromatic rings. The molecule has 1 N–H and O–H groups in total. The van der Waals surface area contributed by atoms with Gasteiger partial charge in [-0.2, -0.15) is 0 Å². The first-order valence-corrected chi connectivity index (χ1v) is 7.73. The molecule has 0 bridgehead atoms. The van der Waals surface area contributed by atoms with Crippen LogP contribution in [0, 0.1) is 6.92 Å². The fourth-order valence-electron chi connectivity index (χ4n) is 1.81. The molecular weight excluding hydrogens is 308 g/mol. The lowest BCUT2D eigenvalue weighted by molar-refractivity contribution is 0.593. The molecule has 2 nitrogen and oxygen atoms in total. The third kappa shape index (κ3) is 3.40. The highest BCUT2D eigenvalue weighted by Crippen LogP contribution is 2.27. The van der Waals surface area contributed by atoms with Crippen molar-refractivity contribution in [3.63, 3.8) is 0 Å². The van der Waals surface area contributed by atoms with Crippen LogP contribution in [0.5, 0.6) is 0 Å². The maximum atomic E-state index is 4.51. The normalized spacial score (nSPS) is 12.6. The van der Waals surface area contributed by atoms with Crippen molar-refractivity contribution in [2.45, 2.75) is 26.3 Å². The zero-order valence-corrected chi connectivity index (χ0v) is 13.0. The predicted octanol–water partition coefficient (Wildman–Crippen LogP) is 4.30. The molecule has 0 fully saturated rings. The summed E-state index contributed by atoms with van der Waals surface area (Å²) in [6, 6.07) is 8.68. The number of pyridine rings is 1. The summed E-state index contributed by atoms with van der Waals surface area (Å²) in [5, 5.41) is 3.57. The predicted molar refractivity (Wildman–Crippen MR) is 81.1 cm³/mol. The number of rotatable bonds is 5. The van der Waals surface area contributed by atoms with Crippen molar-refractivity contribution in [3.8, 4) is 0 Å². The highest BCUT2D eigenvalue weighted by Gasteiger charge is 2.16. The molecule has 18 heavy (non-hydrogen) atoms. The molecule has 0 saturated carbocycles. The summed E-state index contributed by atoms with van der Waals surface area (Å²) in [5.74, 6) is 0. The van der Waals surface area contributed by atoms with E-state index in [0.717, 1.165) is 23.1 Å². The van der Waals surface area contributed by atoms with Gasteiger partial charge in [0, 0.05) is 20.4 Å². The first-order valence-electron chi connectivity index (χ1n) is 6.12. The summed E-state index contributed by atoms with van der Waals surface area (Å²) in [5.41, 5.74) is 1.08. The van der Waals surface area contributed by atoms with Crippen LogP contribution >= 0.6 is 27.3 Å². The third-order valence-electron chi connectivity index (χ3n) is 2.69. The summed E-state index contributed by atoms with van der Waals surface area (Å²) in [6.45, 7) is 5.32. The zero-order chi connectivity index (χ0) is 13.0. The SMILES string of the molecule is CCCNC(c1ccc(Br)cn1)c1ccc(C)s1. The molecule has 1 unspecified atom stereocenters. The summed E-state index contributed by atoms with van der Waals surface area (Å²) in [4.78, 5) is 7.18. The van der Waals surface area contributed by atoms with Crippen LogP contribution in [0.3, 0.4) is 0 Å². The van der Waals surface area contributed by atoms with Gasteiger partial charge >= 0.3 is 0 Å². The molecule has 0 saturated heterocycles. The van der Waals surface area contributed by atoms with Crippen molar-refractivity contribution in [3.05, 3.63) is 50.4 Å². The Morgan fingerprint density at radius 1 is 1.33 bits per heavy atom. The fourth-order valence-corrected chi connectivity index (χ4v) is 3.01. The lowest BCUT2D eigenvalue weighted by atomic mass is 10.1. The highest BCUT2D eigenvalue weighted by molar-refractivity contribution is 9.10. The van der Waals surface area contributed by atoms with Gasteiger partial charge in [-0.25, -0.2) is 0 Å². The standard InChI is InChI=1S/C14H17BrN2S/c1-3-8-16-14(13-7-4-10(2)18-13)12-6-5-11(15)9-17-12/h4-7,9,14,16H,3,8H2,1-2H3. The second-order valence-corrected chi connectivity index (χ2v) is 6.47. The van der Waals surface area contributed by atoms with Gasteiger partial charge < -0.3 is 5.32 Å². The molecule has 0 aliphatic carbocycles. The average molecular weight is 325 g/mol. The number of nitrogens with zero attached hydrogens (tertiary/aromatic N) is 1. The number of hydrogen-bond donors (Lipinski definition) is 1. The van der Waals surface area contributed by atoms with Crippen LogP contribution in [0.2, 0.25) is 0 Å². The van der Waals surface area contributed by atoms with Crippen LogP contribution in [-0.2, 0) is 0 Å². The maximum Gasteiger partial charge on any atom is 0.0845 e. The van der Waals surface area contributed by atoms with E-state index in [2.05, 4.69) is 58.3 Å². The summed E-state index contributed by atoms with van der Waals surface area (Å²) in [7, 11) is 0. The summed E-state index contributed by atoms with van der Waals surface area (Å²) in [6.07, 6.45) is 2.98. The van der Waals surface area contributed by atoms with Crippen molar-refractivity contribution in [2.24, 2.45) is 0 Å². The Balaban J connectivity index is 2.27. The topological polar surface area (TPSA) is 24.9 Å². The van der Waals surface area contributed by atoms with Crippen LogP contribution in [0.4, 0.5) is 0 Å². The van der Waals surface area contributed by atoms with Crippen molar-refractivity contribution < 1.29 is 0 Å². The molecule has 96 valence electrons. The average Bonchev–Trinajstić information content (AvgIpc) is 2.78. The molecule has 2 aromatic heterocycles. The van der Waals surface area contributed by atoms with Gasteiger partial charge in [-0.3, -0.25) is 4.98 Å². The van der Waals surface area contributed by atoms with Crippen LogP contribution in [0.25, 0.3) is 0 Å². The van der Waals surface area contributed by atoms with E-state index < -0.39 is 0 Å². The molecule has 0 amide bonds. The number of aryl methyl sites for hydroxylation is 1. The van der Waals surface area contributed by atoms with Crippen LogP contribution in [0.15, 0.2) is 34.9 Å². The molecule has 2 heterocycles. The van der Waals surface area contributed by atoms with E-state index in [-0.39, 0.29) is 6.04 Å². The van der Waals surface area contributed by atoms with E-state index in [9.17, 15) is 0 Å². The van der Waals surface area contributed by atoms with Crippen LogP contribution < -0.4 is 5.32 Å². The quantitative estimate of drug-likeness (QED) is 0.886. The zero-order valence-electron chi connectivity index (χ0n) is 10.6. The van der Waals surface area contributed by atoms with Crippen molar-refractivity contribution in [1.29, 1.82) is 0 Å². The van der Waals surface area contributed by atoms with Crippen molar-refractivity contribution in [2.75, 3.05) is 6.54 Å². The summed E-state index contributed by atoms with van der Waals surface area (Å²) >= 11 is 5.26. The van der Waals surface area contributed by atoms with E-state index in [0.29, 0.717) is 0 Å². The number of aromatic nitrogens is 1. The maximum absolute atomic E-state index is 4.51. The lowest BCUT2D eigenvalue weighted by Gasteiger charge is -2.16. The molecule has 4 heteroatoms. The first-order chi connectivity index (χ1) is 8.70. The van der Waals surface area contributed by atoms with E-state index in [1.165, 1.54) is 9.75 Å². The van der Waals surface area contributed by atoms with Gasteiger partial charge in [0.1, 0.15) is 0 Å². The van der Waals surface area contributed by atoms with Gasteiger partial charge in [-0.1, -0.05) is 6.92 Å². The Bertz CT molecular complexity index is 493. The van der Waals surface area contributed by atoms with Gasteiger partial charge in [0.2, 0.25) is 0 Å². The molecule has 1 atom stereocenters. The second kappa shape index (κ2) is 6.45. The molecule has 0 radical (unpaired) electrons. The fraction of sp³-hybridized carbons (Fsp3) is 0.357. The highest BCUT2D eigenvalue weighted by atomic mass is 79.9. The summed E-state index contributed by atoms with van der Waals surface area (Å²) < 4.78 is 1.02. The molecule has 0 aliphatic rings. The van der Waals surface area contributed by atoms with Crippen LogP contribution in [0.1, 0.15) is 34.8 Å². The number of hydrogen-bond acceptors (Lipinski definition) is 3. The van der Waals surface area contributed by atoms with Gasteiger partial charge in [0.15, 0.2) is 0 Å². The van der Waals surface area contributed by atoms with E-state index >= 15 is 0 Å². The molecule has 0 aliphatic heterocycles. The number of halogens is 1. The largest absolute Gasteiger partial charge is 0.304 e. The smallest absolute Gasteiger partial charge is 0.0845 e. The molecule has 2 rings (SSSR count). The Kier molecular flexibility index (Phi) is 4.92. The molecular formula is C14H17BrN2S.